The Morgan fingerprint density at radius 1 is 0.976 bits per heavy atom. The van der Waals surface area contributed by atoms with E-state index in [4.69, 9.17) is 9.15 Å². The predicted octanol–water partition coefficient (Wildman–Crippen LogP) is 6.86. The molecule has 1 N–H and O–H groups in total. The number of benzene rings is 3. The van der Waals surface area contributed by atoms with E-state index in [1.165, 1.54) is 6.26 Å². The van der Waals surface area contributed by atoms with Crippen LogP contribution in [0.25, 0.3) is 21.8 Å². The van der Waals surface area contributed by atoms with Gasteiger partial charge in [0.15, 0.2) is 5.76 Å². The average molecular weight is 550 g/mol. The fourth-order valence-corrected chi connectivity index (χ4v) is 6.15. The number of carbonyl (C=O) groups is 2. The van der Waals surface area contributed by atoms with Gasteiger partial charge in [-0.05, 0) is 73.4 Å². The van der Waals surface area contributed by atoms with Crippen LogP contribution in [0.15, 0.2) is 89.5 Å². The quantitative estimate of drug-likeness (QED) is 0.218. The highest BCUT2D eigenvalue weighted by Gasteiger charge is 2.35. The first kappa shape index (κ1) is 26.7. The smallest absolute Gasteiger partial charge is 0.290 e. The molecule has 7 nitrogen and oxygen atoms in total. The van der Waals surface area contributed by atoms with Crippen molar-refractivity contribution in [2.45, 2.75) is 57.8 Å². The second-order valence-electron chi connectivity index (χ2n) is 10.7. The molecule has 0 aliphatic heterocycles. The van der Waals surface area contributed by atoms with Gasteiger partial charge in [-0.1, -0.05) is 49.2 Å². The third-order valence-corrected chi connectivity index (χ3v) is 8.19. The van der Waals surface area contributed by atoms with Crippen molar-refractivity contribution in [1.29, 1.82) is 0 Å². The maximum absolute atomic E-state index is 14.2. The number of amides is 2. The molecule has 1 aliphatic rings. The number of nitrogens with one attached hydrogen (secondary N) is 1. The van der Waals surface area contributed by atoms with Crippen molar-refractivity contribution in [3.05, 3.63) is 102 Å². The third kappa shape index (κ3) is 5.20. The molecule has 0 bridgehead atoms. The summed E-state index contributed by atoms with van der Waals surface area (Å²) in [5.74, 6) is 0.407. The largest absolute Gasteiger partial charge is 0.497 e. The van der Waals surface area contributed by atoms with Crippen molar-refractivity contribution in [3.63, 3.8) is 0 Å². The lowest BCUT2D eigenvalue weighted by atomic mass is 9.99. The maximum atomic E-state index is 14.2. The molecule has 210 valence electrons. The van der Waals surface area contributed by atoms with Crippen LogP contribution in [0.4, 0.5) is 0 Å². The van der Waals surface area contributed by atoms with E-state index in [0.29, 0.717) is 0 Å². The van der Waals surface area contributed by atoms with Crippen LogP contribution in [0.5, 0.6) is 5.75 Å². The van der Waals surface area contributed by atoms with Crippen molar-refractivity contribution < 1.29 is 18.7 Å². The maximum Gasteiger partial charge on any atom is 0.290 e. The van der Waals surface area contributed by atoms with Crippen molar-refractivity contribution in [2.75, 3.05) is 7.11 Å². The minimum atomic E-state index is -0.858. The van der Waals surface area contributed by atoms with Crippen molar-refractivity contribution in [2.24, 2.45) is 0 Å². The number of carbonyl (C=O) groups excluding carboxylic acids is 2. The van der Waals surface area contributed by atoms with Crippen LogP contribution in [-0.2, 0) is 17.9 Å². The Morgan fingerprint density at radius 2 is 1.73 bits per heavy atom. The van der Waals surface area contributed by atoms with Crippen LogP contribution >= 0.6 is 0 Å². The number of hydrogen-bond acceptors (Lipinski definition) is 4. The van der Waals surface area contributed by atoms with Crippen LogP contribution in [0.1, 0.15) is 60.3 Å². The summed E-state index contributed by atoms with van der Waals surface area (Å²) in [4.78, 5) is 29.9. The zero-order chi connectivity index (χ0) is 28.3. The molecular weight excluding hydrogens is 514 g/mol. The molecule has 0 radical (unpaired) electrons. The van der Waals surface area contributed by atoms with Crippen LogP contribution < -0.4 is 10.1 Å². The van der Waals surface area contributed by atoms with Crippen molar-refractivity contribution in [3.8, 4) is 5.75 Å². The Bertz CT molecular complexity index is 1660. The van der Waals surface area contributed by atoms with Crippen molar-refractivity contribution in [1.82, 2.24) is 14.8 Å². The van der Waals surface area contributed by atoms with Gasteiger partial charge in [-0.15, -0.1) is 0 Å². The number of methoxy groups -OCH3 is 1. The Labute approximate surface area is 239 Å². The zero-order valence-corrected chi connectivity index (χ0v) is 23.5. The summed E-state index contributed by atoms with van der Waals surface area (Å²) in [6, 6.07) is 24.6. The van der Waals surface area contributed by atoms with Gasteiger partial charge < -0.3 is 23.9 Å². The van der Waals surface area contributed by atoms with E-state index in [9.17, 15) is 9.59 Å². The molecule has 0 spiro atoms. The molecule has 7 heteroatoms. The number of furan rings is 1. The Balaban J connectivity index is 1.49. The van der Waals surface area contributed by atoms with Gasteiger partial charge in [0.05, 0.1) is 13.4 Å². The van der Waals surface area contributed by atoms with E-state index >= 15 is 0 Å². The average Bonchev–Trinajstić information content (AvgIpc) is 3.78. The minimum absolute atomic E-state index is 0.109. The second kappa shape index (κ2) is 11.5. The summed E-state index contributed by atoms with van der Waals surface area (Å²) in [5.41, 5.74) is 3.90. The molecule has 2 heterocycles. The second-order valence-corrected chi connectivity index (χ2v) is 10.7. The van der Waals surface area contributed by atoms with Crippen LogP contribution in [-0.4, -0.2) is 34.4 Å². The van der Waals surface area contributed by atoms with E-state index in [1.807, 2.05) is 42.5 Å². The Morgan fingerprint density at radius 3 is 2.44 bits per heavy atom. The topological polar surface area (TPSA) is 76.7 Å². The number of para-hydroxylation sites is 1. The number of fused-ring (bicyclic) bond motifs is 3. The Kier molecular flexibility index (Phi) is 7.51. The molecular formula is C34H35N3O4. The first-order valence-electron chi connectivity index (χ1n) is 14.4. The van der Waals surface area contributed by atoms with Crippen LogP contribution in [0.2, 0.25) is 0 Å². The fourth-order valence-electron chi connectivity index (χ4n) is 6.15. The van der Waals surface area contributed by atoms with Gasteiger partial charge in [0.2, 0.25) is 5.91 Å². The lowest BCUT2D eigenvalue weighted by molar-refractivity contribution is -0.126. The Hall–Kier alpha value is -4.52. The van der Waals surface area contributed by atoms with Gasteiger partial charge >= 0.3 is 0 Å². The highest BCUT2D eigenvalue weighted by molar-refractivity contribution is 6.08. The molecule has 2 aromatic heterocycles. The standard InChI is InChI=1S/C34H35N3O4/c1-3-36-29-12-7-6-11-27(29)28-21-24(16-19-30(28)36)32(33(38)35-25-9-4-5-10-25)37(34(39)31-13-8-20-41-31)22-23-14-17-26(40-2)18-15-23/h6-8,11-21,25,32H,3-5,9-10,22H2,1-2H3,(H,35,38)/t32-/m0/s1. The lowest BCUT2D eigenvalue weighted by Gasteiger charge is -2.32. The number of aromatic nitrogens is 1. The van der Waals surface area contributed by atoms with E-state index in [0.717, 1.165) is 70.9 Å². The summed E-state index contributed by atoms with van der Waals surface area (Å²) in [5, 5.41) is 5.46. The highest BCUT2D eigenvalue weighted by Crippen LogP contribution is 2.34. The zero-order valence-electron chi connectivity index (χ0n) is 23.5. The van der Waals surface area contributed by atoms with Gasteiger partial charge in [-0.3, -0.25) is 9.59 Å². The molecule has 3 aromatic carbocycles. The summed E-state index contributed by atoms with van der Waals surface area (Å²) in [7, 11) is 1.62. The molecule has 5 aromatic rings. The predicted molar refractivity (Wildman–Crippen MR) is 160 cm³/mol. The van der Waals surface area contributed by atoms with Gasteiger partial charge in [-0.2, -0.15) is 0 Å². The number of rotatable bonds is 9. The van der Waals surface area contributed by atoms with Gasteiger partial charge in [0, 0.05) is 40.9 Å². The number of nitrogens with zero attached hydrogens (tertiary/aromatic N) is 2. The summed E-state index contributed by atoms with van der Waals surface area (Å²) in [6.07, 6.45) is 5.58. The normalized spacial score (nSPS) is 14.4. The van der Waals surface area contributed by atoms with E-state index < -0.39 is 6.04 Å². The summed E-state index contributed by atoms with van der Waals surface area (Å²) >= 11 is 0. The lowest BCUT2D eigenvalue weighted by Crippen LogP contribution is -2.45. The van der Waals surface area contributed by atoms with Crippen LogP contribution in [0, 0.1) is 0 Å². The van der Waals surface area contributed by atoms with Gasteiger partial charge in [0.25, 0.3) is 5.91 Å². The van der Waals surface area contributed by atoms with E-state index in [1.54, 1.807) is 24.1 Å². The molecule has 2 amide bonds. The number of aryl methyl sites for hydroxylation is 1. The molecule has 1 atom stereocenters. The van der Waals surface area contributed by atoms with E-state index in [-0.39, 0.29) is 30.2 Å². The molecule has 0 saturated heterocycles. The molecule has 41 heavy (non-hydrogen) atoms. The molecule has 1 aliphatic carbocycles. The first-order valence-corrected chi connectivity index (χ1v) is 14.4. The SMILES string of the molecule is CCn1c2ccccc2c2cc([C@@H](C(=O)NC3CCCC3)N(Cc3ccc(OC)cc3)C(=O)c3ccco3)ccc21. The van der Waals surface area contributed by atoms with Crippen LogP contribution in [0.3, 0.4) is 0 Å². The molecule has 6 rings (SSSR count). The number of hydrogen-bond donors (Lipinski definition) is 1. The van der Waals surface area contributed by atoms with Crippen molar-refractivity contribution >= 4 is 33.6 Å². The van der Waals surface area contributed by atoms with Gasteiger partial charge in [0.1, 0.15) is 11.8 Å². The number of ether oxygens (including phenoxy) is 1. The van der Waals surface area contributed by atoms with Gasteiger partial charge in [-0.25, -0.2) is 0 Å². The summed E-state index contributed by atoms with van der Waals surface area (Å²) < 4.78 is 13.2. The highest BCUT2D eigenvalue weighted by atomic mass is 16.5. The molecule has 0 unspecified atom stereocenters. The monoisotopic (exact) mass is 549 g/mol. The molecule has 1 saturated carbocycles. The fraction of sp³-hybridized carbons (Fsp3) is 0.294. The van der Waals surface area contributed by atoms with E-state index in [2.05, 4.69) is 41.1 Å². The third-order valence-electron chi connectivity index (χ3n) is 8.19. The summed E-state index contributed by atoms with van der Waals surface area (Å²) in [6.45, 7) is 3.19. The molecule has 1 fully saturated rings. The minimum Gasteiger partial charge on any atom is -0.497 e. The first-order chi connectivity index (χ1) is 20.1.